The number of hydrogen-bond acceptors (Lipinski definition) is 2. The molecule has 0 aliphatic carbocycles. The smallest absolute Gasteiger partial charge is 0.123 e. The molecule has 0 aliphatic rings. The zero-order valence-corrected chi connectivity index (χ0v) is 8.35. The normalized spacial score (nSPS) is 10.4. The van der Waals surface area contributed by atoms with Crippen molar-refractivity contribution in [2.45, 2.75) is 6.54 Å². The molecule has 0 saturated heterocycles. The molecule has 2 N–H and O–H groups in total. The summed E-state index contributed by atoms with van der Waals surface area (Å²) in [5.74, 6) is -0.210. The second kappa shape index (κ2) is 3.90. The molecule has 2 rings (SSSR count). The van der Waals surface area contributed by atoms with Crippen molar-refractivity contribution in [2.75, 3.05) is 0 Å². The molecule has 14 heavy (non-hydrogen) atoms. The first-order valence-corrected chi connectivity index (χ1v) is 5.26. The van der Waals surface area contributed by atoms with Crippen molar-refractivity contribution in [3.63, 3.8) is 0 Å². The topological polar surface area (TPSA) is 26.0 Å². The highest BCUT2D eigenvalue weighted by atomic mass is 32.1. The van der Waals surface area contributed by atoms with E-state index in [0.29, 0.717) is 6.54 Å². The lowest BCUT2D eigenvalue weighted by Crippen LogP contribution is -1.95. The van der Waals surface area contributed by atoms with Crippen molar-refractivity contribution in [3.05, 3.63) is 46.4 Å². The van der Waals surface area contributed by atoms with Gasteiger partial charge in [0.15, 0.2) is 0 Å². The van der Waals surface area contributed by atoms with Crippen LogP contribution in [-0.4, -0.2) is 0 Å². The van der Waals surface area contributed by atoms with E-state index in [2.05, 4.69) is 0 Å². The minimum atomic E-state index is -0.210. The van der Waals surface area contributed by atoms with Crippen LogP contribution in [0.15, 0.2) is 35.0 Å². The van der Waals surface area contributed by atoms with Crippen LogP contribution in [0.25, 0.3) is 11.1 Å². The summed E-state index contributed by atoms with van der Waals surface area (Å²) in [5.41, 5.74) is 8.84. The zero-order chi connectivity index (χ0) is 9.97. The Labute approximate surface area is 86.0 Å². The van der Waals surface area contributed by atoms with Gasteiger partial charge in [-0.3, -0.25) is 0 Å². The third-order valence-electron chi connectivity index (χ3n) is 2.12. The summed E-state index contributed by atoms with van der Waals surface area (Å²) in [6.45, 7) is 0.524. The maximum Gasteiger partial charge on any atom is 0.123 e. The Bertz CT molecular complexity index is 419. The summed E-state index contributed by atoms with van der Waals surface area (Å²) in [6.07, 6.45) is 0. The van der Waals surface area contributed by atoms with E-state index in [9.17, 15) is 4.39 Å². The summed E-state index contributed by atoms with van der Waals surface area (Å²) >= 11 is 1.62. The fourth-order valence-corrected chi connectivity index (χ4v) is 2.24. The Morgan fingerprint density at radius 1 is 1.14 bits per heavy atom. The predicted molar refractivity (Wildman–Crippen MR) is 57.6 cm³/mol. The Morgan fingerprint density at radius 3 is 2.50 bits per heavy atom. The van der Waals surface area contributed by atoms with Gasteiger partial charge in [-0.1, -0.05) is 12.1 Å². The third kappa shape index (κ3) is 1.69. The number of thiophene rings is 1. The first-order chi connectivity index (χ1) is 6.81. The van der Waals surface area contributed by atoms with Gasteiger partial charge >= 0.3 is 0 Å². The van der Waals surface area contributed by atoms with Gasteiger partial charge < -0.3 is 5.73 Å². The van der Waals surface area contributed by atoms with Gasteiger partial charge in [-0.05, 0) is 39.6 Å². The first-order valence-electron chi connectivity index (χ1n) is 4.32. The molecule has 0 saturated carbocycles. The van der Waals surface area contributed by atoms with E-state index in [-0.39, 0.29) is 5.82 Å². The lowest BCUT2D eigenvalue weighted by molar-refractivity contribution is 0.628. The minimum Gasteiger partial charge on any atom is -0.326 e. The van der Waals surface area contributed by atoms with E-state index >= 15 is 0 Å². The Morgan fingerprint density at radius 2 is 1.86 bits per heavy atom. The van der Waals surface area contributed by atoms with Crippen LogP contribution in [0.1, 0.15) is 5.56 Å². The predicted octanol–water partition coefficient (Wildman–Crippen LogP) is 3.01. The molecule has 0 aliphatic heterocycles. The number of halogens is 1. The highest BCUT2D eigenvalue weighted by Crippen LogP contribution is 2.27. The Balaban J connectivity index is 2.44. The number of nitrogens with two attached hydrogens (primary N) is 1. The number of hydrogen-bond donors (Lipinski definition) is 1. The van der Waals surface area contributed by atoms with Crippen LogP contribution in [0.4, 0.5) is 4.39 Å². The van der Waals surface area contributed by atoms with Gasteiger partial charge in [0.05, 0.1) is 0 Å². The van der Waals surface area contributed by atoms with Crippen LogP contribution >= 0.6 is 11.3 Å². The molecule has 1 heterocycles. The summed E-state index contributed by atoms with van der Waals surface area (Å²) in [5, 5.41) is 4.06. The van der Waals surface area contributed by atoms with Gasteiger partial charge in [0.1, 0.15) is 5.82 Å². The van der Waals surface area contributed by atoms with E-state index in [1.165, 1.54) is 12.1 Å². The molecular formula is C11H10FNS. The highest BCUT2D eigenvalue weighted by Gasteiger charge is 2.04. The van der Waals surface area contributed by atoms with Crippen molar-refractivity contribution < 1.29 is 4.39 Å². The molecular weight excluding hydrogens is 197 g/mol. The molecule has 0 spiro atoms. The van der Waals surface area contributed by atoms with Gasteiger partial charge in [-0.2, -0.15) is 11.3 Å². The maximum absolute atomic E-state index is 12.7. The first kappa shape index (κ1) is 9.37. The Kier molecular flexibility index (Phi) is 2.61. The quantitative estimate of drug-likeness (QED) is 0.804. The highest BCUT2D eigenvalue weighted by molar-refractivity contribution is 7.08. The van der Waals surface area contributed by atoms with Gasteiger partial charge in [0.2, 0.25) is 0 Å². The maximum atomic E-state index is 12.7. The standard InChI is InChI=1S/C11H10FNS/c12-10-3-1-8(2-4-10)11-7-14-6-9(11)5-13/h1-4,6-7H,5,13H2. The minimum absolute atomic E-state index is 0.210. The molecule has 1 aromatic carbocycles. The molecule has 0 unspecified atom stereocenters. The van der Waals surface area contributed by atoms with Crippen LogP contribution in [0.3, 0.4) is 0 Å². The SMILES string of the molecule is NCc1cscc1-c1ccc(F)cc1. The van der Waals surface area contributed by atoms with E-state index in [4.69, 9.17) is 5.73 Å². The van der Waals surface area contributed by atoms with E-state index < -0.39 is 0 Å². The van der Waals surface area contributed by atoms with E-state index in [1.54, 1.807) is 23.5 Å². The summed E-state index contributed by atoms with van der Waals surface area (Å²) in [4.78, 5) is 0. The monoisotopic (exact) mass is 207 g/mol. The van der Waals surface area contributed by atoms with Crippen molar-refractivity contribution in [2.24, 2.45) is 5.73 Å². The lowest BCUT2D eigenvalue weighted by atomic mass is 10.1. The second-order valence-corrected chi connectivity index (χ2v) is 3.77. The van der Waals surface area contributed by atoms with Crippen LogP contribution in [0.5, 0.6) is 0 Å². The molecule has 3 heteroatoms. The lowest BCUT2D eigenvalue weighted by Gasteiger charge is -2.01. The number of benzene rings is 1. The third-order valence-corrected chi connectivity index (χ3v) is 2.91. The molecule has 0 radical (unpaired) electrons. The van der Waals surface area contributed by atoms with Gasteiger partial charge in [-0.25, -0.2) is 4.39 Å². The molecule has 2 aromatic rings. The van der Waals surface area contributed by atoms with Crippen LogP contribution < -0.4 is 5.73 Å². The molecule has 0 atom stereocenters. The van der Waals surface area contributed by atoms with Gasteiger partial charge in [-0.15, -0.1) is 0 Å². The number of rotatable bonds is 2. The molecule has 1 nitrogen and oxygen atoms in total. The fraction of sp³-hybridized carbons (Fsp3) is 0.0909. The van der Waals surface area contributed by atoms with Crippen molar-refractivity contribution in [1.82, 2.24) is 0 Å². The largest absolute Gasteiger partial charge is 0.326 e. The van der Waals surface area contributed by atoms with Crippen molar-refractivity contribution >= 4 is 11.3 Å². The van der Waals surface area contributed by atoms with E-state index in [0.717, 1.165) is 16.7 Å². The van der Waals surface area contributed by atoms with Crippen LogP contribution in [0.2, 0.25) is 0 Å². The van der Waals surface area contributed by atoms with E-state index in [1.807, 2.05) is 10.8 Å². The van der Waals surface area contributed by atoms with Crippen LogP contribution in [0, 0.1) is 5.82 Å². The average molecular weight is 207 g/mol. The molecule has 0 bridgehead atoms. The summed E-state index contributed by atoms with van der Waals surface area (Å²) < 4.78 is 12.7. The summed E-state index contributed by atoms with van der Waals surface area (Å²) in [6, 6.07) is 6.48. The molecule has 72 valence electrons. The summed E-state index contributed by atoms with van der Waals surface area (Å²) in [7, 11) is 0. The zero-order valence-electron chi connectivity index (χ0n) is 7.53. The molecule has 0 fully saturated rings. The molecule has 0 amide bonds. The molecule has 1 aromatic heterocycles. The van der Waals surface area contributed by atoms with Crippen molar-refractivity contribution in [1.29, 1.82) is 0 Å². The van der Waals surface area contributed by atoms with Crippen molar-refractivity contribution in [3.8, 4) is 11.1 Å². The van der Waals surface area contributed by atoms with Gasteiger partial charge in [0.25, 0.3) is 0 Å². The van der Waals surface area contributed by atoms with Gasteiger partial charge in [0, 0.05) is 6.54 Å². The Hall–Kier alpha value is -1.19. The average Bonchev–Trinajstić information content (AvgIpc) is 2.67. The second-order valence-electron chi connectivity index (χ2n) is 3.02. The van der Waals surface area contributed by atoms with Crippen LogP contribution in [-0.2, 0) is 6.54 Å². The fourth-order valence-electron chi connectivity index (χ4n) is 1.36.